The third kappa shape index (κ3) is 2.93. The van der Waals surface area contributed by atoms with Crippen molar-refractivity contribution in [1.82, 2.24) is 4.90 Å². The van der Waals surface area contributed by atoms with E-state index in [2.05, 4.69) is 17.9 Å². The number of benzene rings is 1. The van der Waals surface area contributed by atoms with E-state index < -0.39 is 0 Å². The lowest BCUT2D eigenvalue weighted by molar-refractivity contribution is -0.139. The average Bonchev–Trinajstić information content (AvgIpc) is 2.47. The van der Waals surface area contributed by atoms with Gasteiger partial charge in [-0.2, -0.15) is 0 Å². The maximum absolute atomic E-state index is 10.1. The SMILES string of the molecule is CCCN1C[C@H](COC)O[C@@H]2Cc3c(O)cccc3C[C@H]21. The number of fused-ring (bicyclic) bond motifs is 2. The summed E-state index contributed by atoms with van der Waals surface area (Å²) in [5, 5.41) is 10.1. The van der Waals surface area contributed by atoms with Gasteiger partial charge < -0.3 is 14.6 Å². The predicted molar refractivity (Wildman–Crippen MR) is 81.7 cm³/mol. The van der Waals surface area contributed by atoms with Crippen LogP contribution in [0.15, 0.2) is 18.2 Å². The molecule has 1 saturated heterocycles. The lowest BCUT2D eigenvalue weighted by atomic mass is 9.83. The molecule has 3 atom stereocenters. The second-order valence-electron chi connectivity index (χ2n) is 6.14. The maximum Gasteiger partial charge on any atom is 0.119 e. The molecule has 0 unspecified atom stereocenters. The van der Waals surface area contributed by atoms with E-state index in [-0.39, 0.29) is 12.2 Å². The van der Waals surface area contributed by atoms with Crippen LogP contribution >= 0.6 is 0 Å². The minimum Gasteiger partial charge on any atom is -0.508 e. The standard InChI is InChI=1S/C17H25NO3/c1-3-7-18-10-13(11-20-2)21-17-9-14-12(8-15(17)18)5-4-6-16(14)19/h4-6,13,15,17,19H,3,7-11H2,1-2H3/t13-,15-,17-/m1/s1. The Kier molecular flexibility index (Phi) is 4.48. The molecule has 0 spiro atoms. The Hall–Kier alpha value is -1.10. The number of phenols is 1. The highest BCUT2D eigenvalue weighted by Crippen LogP contribution is 2.34. The molecule has 2 aliphatic rings. The molecule has 1 heterocycles. The van der Waals surface area contributed by atoms with E-state index in [1.807, 2.05) is 6.07 Å². The number of hydrogen-bond donors (Lipinski definition) is 1. The van der Waals surface area contributed by atoms with E-state index in [4.69, 9.17) is 9.47 Å². The van der Waals surface area contributed by atoms with Crippen LogP contribution in [0.4, 0.5) is 0 Å². The first-order chi connectivity index (χ1) is 10.2. The van der Waals surface area contributed by atoms with Gasteiger partial charge in [0.15, 0.2) is 0 Å². The van der Waals surface area contributed by atoms with Crippen LogP contribution in [-0.2, 0) is 22.3 Å². The van der Waals surface area contributed by atoms with E-state index in [1.54, 1.807) is 13.2 Å². The van der Waals surface area contributed by atoms with Gasteiger partial charge in [0.2, 0.25) is 0 Å². The van der Waals surface area contributed by atoms with Crippen LogP contribution in [0, 0.1) is 0 Å². The first-order valence-electron chi connectivity index (χ1n) is 7.91. The first kappa shape index (κ1) is 14.8. The number of methoxy groups -OCH3 is 1. The maximum atomic E-state index is 10.1. The summed E-state index contributed by atoms with van der Waals surface area (Å²) < 4.78 is 11.5. The fourth-order valence-corrected chi connectivity index (χ4v) is 3.75. The molecule has 4 heteroatoms. The summed E-state index contributed by atoms with van der Waals surface area (Å²) in [4.78, 5) is 2.55. The Morgan fingerprint density at radius 1 is 1.38 bits per heavy atom. The normalized spacial score (nSPS) is 29.0. The zero-order valence-electron chi connectivity index (χ0n) is 12.9. The van der Waals surface area contributed by atoms with E-state index in [0.717, 1.165) is 37.9 Å². The highest BCUT2D eigenvalue weighted by atomic mass is 16.5. The fraction of sp³-hybridized carbons (Fsp3) is 0.647. The Labute approximate surface area is 126 Å². The van der Waals surface area contributed by atoms with Crippen LogP contribution < -0.4 is 0 Å². The van der Waals surface area contributed by atoms with Crippen molar-refractivity contribution >= 4 is 0 Å². The van der Waals surface area contributed by atoms with Crippen molar-refractivity contribution in [3.05, 3.63) is 29.3 Å². The molecule has 0 amide bonds. The van der Waals surface area contributed by atoms with Crippen molar-refractivity contribution in [2.24, 2.45) is 0 Å². The molecule has 1 aromatic carbocycles. The number of ether oxygens (including phenoxy) is 2. The molecule has 3 rings (SSSR count). The lowest BCUT2D eigenvalue weighted by Gasteiger charge is -2.47. The minimum absolute atomic E-state index is 0.134. The number of phenolic OH excluding ortho intramolecular Hbond substituents is 1. The van der Waals surface area contributed by atoms with Crippen LogP contribution in [0.1, 0.15) is 24.5 Å². The number of nitrogens with zero attached hydrogens (tertiary/aromatic N) is 1. The third-order valence-electron chi connectivity index (χ3n) is 4.65. The van der Waals surface area contributed by atoms with Gasteiger partial charge in [0.25, 0.3) is 0 Å². The Morgan fingerprint density at radius 3 is 3.00 bits per heavy atom. The number of rotatable bonds is 4. The van der Waals surface area contributed by atoms with E-state index >= 15 is 0 Å². The molecule has 0 saturated carbocycles. The van der Waals surface area contributed by atoms with Crippen LogP contribution in [0.5, 0.6) is 5.75 Å². The highest BCUT2D eigenvalue weighted by molar-refractivity contribution is 5.42. The van der Waals surface area contributed by atoms with Gasteiger partial charge in [-0.15, -0.1) is 0 Å². The Bertz CT molecular complexity index is 491. The number of aromatic hydroxyl groups is 1. The molecule has 0 bridgehead atoms. The number of morpholine rings is 1. The molecule has 21 heavy (non-hydrogen) atoms. The van der Waals surface area contributed by atoms with Crippen LogP contribution in [-0.4, -0.2) is 55.1 Å². The smallest absolute Gasteiger partial charge is 0.119 e. The molecule has 1 aromatic rings. The van der Waals surface area contributed by atoms with Crippen molar-refractivity contribution in [3.8, 4) is 5.75 Å². The van der Waals surface area contributed by atoms with Crippen molar-refractivity contribution in [2.45, 2.75) is 44.4 Å². The monoisotopic (exact) mass is 291 g/mol. The summed E-state index contributed by atoms with van der Waals surface area (Å²) in [5.74, 6) is 0.408. The summed E-state index contributed by atoms with van der Waals surface area (Å²) >= 11 is 0. The van der Waals surface area contributed by atoms with Crippen molar-refractivity contribution in [2.75, 3.05) is 26.8 Å². The second kappa shape index (κ2) is 6.34. The van der Waals surface area contributed by atoms with Gasteiger partial charge in [0.1, 0.15) is 5.75 Å². The summed E-state index contributed by atoms with van der Waals surface area (Å²) in [6, 6.07) is 6.28. The summed E-state index contributed by atoms with van der Waals surface area (Å²) in [5.41, 5.74) is 2.33. The molecule has 4 nitrogen and oxygen atoms in total. The lowest BCUT2D eigenvalue weighted by Crippen LogP contribution is -2.58. The van der Waals surface area contributed by atoms with Gasteiger partial charge in [-0.1, -0.05) is 19.1 Å². The molecule has 1 aliphatic heterocycles. The molecule has 0 aromatic heterocycles. The fourth-order valence-electron chi connectivity index (χ4n) is 3.75. The molecule has 1 fully saturated rings. The van der Waals surface area contributed by atoms with E-state index in [0.29, 0.717) is 18.4 Å². The molecular formula is C17H25NO3. The zero-order chi connectivity index (χ0) is 14.8. The van der Waals surface area contributed by atoms with Gasteiger partial charge in [-0.05, 0) is 36.6 Å². The molecule has 1 N–H and O–H groups in total. The third-order valence-corrected chi connectivity index (χ3v) is 4.65. The second-order valence-corrected chi connectivity index (χ2v) is 6.14. The van der Waals surface area contributed by atoms with E-state index in [9.17, 15) is 5.11 Å². The molecular weight excluding hydrogens is 266 g/mol. The largest absolute Gasteiger partial charge is 0.508 e. The van der Waals surface area contributed by atoms with Gasteiger partial charge in [0, 0.05) is 26.1 Å². The zero-order valence-corrected chi connectivity index (χ0v) is 12.9. The molecule has 116 valence electrons. The van der Waals surface area contributed by atoms with Crippen LogP contribution in [0.25, 0.3) is 0 Å². The van der Waals surface area contributed by atoms with Crippen molar-refractivity contribution in [3.63, 3.8) is 0 Å². The average molecular weight is 291 g/mol. The highest BCUT2D eigenvalue weighted by Gasteiger charge is 2.40. The summed E-state index contributed by atoms with van der Waals surface area (Å²) in [6.45, 7) is 4.89. The van der Waals surface area contributed by atoms with Crippen LogP contribution in [0.2, 0.25) is 0 Å². The van der Waals surface area contributed by atoms with Gasteiger partial charge >= 0.3 is 0 Å². The quantitative estimate of drug-likeness (QED) is 0.921. The molecule has 1 aliphatic carbocycles. The minimum atomic E-state index is 0.134. The topological polar surface area (TPSA) is 41.9 Å². The summed E-state index contributed by atoms with van der Waals surface area (Å²) in [6.07, 6.45) is 3.21. The number of hydrogen-bond acceptors (Lipinski definition) is 4. The van der Waals surface area contributed by atoms with Crippen molar-refractivity contribution < 1.29 is 14.6 Å². The Balaban J connectivity index is 1.84. The van der Waals surface area contributed by atoms with E-state index in [1.165, 1.54) is 5.56 Å². The van der Waals surface area contributed by atoms with Gasteiger partial charge in [-0.3, -0.25) is 4.90 Å². The Morgan fingerprint density at radius 2 is 2.24 bits per heavy atom. The molecule has 0 radical (unpaired) electrons. The van der Waals surface area contributed by atoms with Gasteiger partial charge in [-0.25, -0.2) is 0 Å². The van der Waals surface area contributed by atoms with Crippen LogP contribution in [0.3, 0.4) is 0 Å². The predicted octanol–water partition coefficient (Wildman–Crippen LogP) is 1.99. The first-order valence-corrected chi connectivity index (χ1v) is 7.91. The van der Waals surface area contributed by atoms with Crippen molar-refractivity contribution in [1.29, 1.82) is 0 Å². The summed E-state index contributed by atoms with van der Waals surface area (Å²) in [7, 11) is 1.72. The van der Waals surface area contributed by atoms with Gasteiger partial charge in [0.05, 0.1) is 18.8 Å².